The number of nitrogens with one attached hydrogen (secondary N) is 2. The van der Waals surface area contributed by atoms with Gasteiger partial charge in [-0.1, -0.05) is 12.6 Å². The lowest BCUT2D eigenvalue weighted by molar-refractivity contribution is -0.137. The molecule has 0 bridgehead atoms. The summed E-state index contributed by atoms with van der Waals surface area (Å²) in [4.78, 5) is 38.9. The fourth-order valence-electron chi connectivity index (χ4n) is 5.89. The Labute approximate surface area is 231 Å². The molecule has 9 nitrogen and oxygen atoms in total. The van der Waals surface area contributed by atoms with Crippen LogP contribution in [0.1, 0.15) is 53.6 Å². The number of nitrogens with zero attached hydrogens (tertiary/aromatic N) is 5. The highest BCUT2D eigenvalue weighted by molar-refractivity contribution is 6.02. The third-order valence-corrected chi connectivity index (χ3v) is 8.08. The third-order valence-electron chi connectivity index (χ3n) is 8.08. The number of likely N-dealkylation sites (N-methyl/N-ethyl adjacent to an activating group) is 1. The summed E-state index contributed by atoms with van der Waals surface area (Å²) in [5.41, 5.74) is 1.17. The molecule has 1 aromatic heterocycles. The first-order valence-corrected chi connectivity index (χ1v) is 13.5. The van der Waals surface area contributed by atoms with Crippen molar-refractivity contribution in [2.24, 2.45) is 0 Å². The second-order valence-corrected chi connectivity index (χ2v) is 10.9. The van der Waals surface area contributed by atoms with Crippen LogP contribution in [0.3, 0.4) is 0 Å². The number of benzene rings is 1. The predicted molar refractivity (Wildman–Crippen MR) is 146 cm³/mol. The second-order valence-electron chi connectivity index (χ2n) is 10.9. The van der Waals surface area contributed by atoms with Gasteiger partial charge in [0.15, 0.2) is 0 Å². The normalized spacial score (nSPS) is 22.9. The van der Waals surface area contributed by atoms with Gasteiger partial charge in [-0.25, -0.2) is 4.98 Å². The summed E-state index contributed by atoms with van der Waals surface area (Å²) in [6.07, 6.45) is 1.36. The van der Waals surface area contributed by atoms with Gasteiger partial charge in [0.1, 0.15) is 11.4 Å². The summed E-state index contributed by atoms with van der Waals surface area (Å²) in [7, 11) is 3.85. The van der Waals surface area contributed by atoms with E-state index in [1.54, 1.807) is 17.0 Å². The second kappa shape index (κ2) is 11.1. The van der Waals surface area contributed by atoms with Gasteiger partial charge in [0.05, 0.1) is 0 Å². The average Bonchev–Trinajstić information content (AvgIpc) is 3.54. The van der Waals surface area contributed by atoms with Gasteiger partial charge >= 0.3 is 6.18 Å². The molecule has 2 fully saturated rings. The zero-order valence-electron chi connectivity index (χ0n) is 22.7. The molecule has 2 N–H and O–H groups in total. The Bertz CT molecular complexity index is 1300. The molecule has 1 aromatic carbocycles. The van der Waals surface area contributed by atoms with Crippen LogP contribution in [0, 0.1) is 0 Å². The minimum absolute atomic E-state index is 0.0364. The number of rotatable bonds is 7. The summed E-state index contributed by atoms with van der Waals surface area (Å²) >= 11 is 0. The lowest BCUT2D eigenvalue weighted by Gasteiger charge is -2.35. The van der Waals surface area contributed by atoms with E-state index in [2.05, 4.69) is 27.2 Å². The van der Waals surface area contributed by atoms with Crippen molar-refractivity contribution in [2.45, 2.75) is 63.0 Å². The number of alkyl halides is 3. The van der Waals surface area contributed by atoms with Crippen molar-refractivity contribution < 1.29 is 22.8 Å². The van der Waals surface area contributed by atoms with E-state index in [9.17, 15) is 22.8 Å². The highest BCUT2D eigenvalue weighted by atomic mass is 19.4. The van der Waals surface area contributed by atoms with E-state index in [0.717, 1.165) is 37.4 Å². The quantitative estimate of drug-likeness (QED) is 0.495. The van der Waals surface area contributed by atoms with Crippen molar-refractivity contribution in [1.82, 2.24) is 19.8 Å². The summed E-state index contributed by atoms with van der Waals surface area (Å²) in [5.74, 6) is -0.362. The lowest BCUT2D eigenvalue weighted by atomic mass is 9.90. The first-order valence-electron chi connectivity index (χ1n) is 13.5. The maximum absolute atomic E-state index is 13.8. The van der Waals surface area contributed by atoms with Crippen molar-refractivity contribution in [3.63, 3.8) is 0 Å². The fraction of sp³-hybridized carbons (Fsp3) is 0.500. The molecule has 0 radical (unpaired) electrons. The molecule has 2 aromatic rings. The van der Waals surface area contributed by atoms with Gasteiger partial charge in [0, 0.05) is 55.2 Å². The van der Waals surface area contributed by atoms with Crippen LogP contribution < -0.4 is 15.5 Å². The molecule has 12 heteroatoms. The molecular formula is C28H34F3N7O2. The molecule has 2 amide bonds. The van der Waals surface area contributed by atoms with Gasteiger partial charge in [-0.3, -0.25) is 9.59 Å². The number of hydrogen-bond donors (Lipinski definition) is 2. The van der Waals surface area contributed by atoms with Crippen LogP contribution >= 0.6 is 0 Å². The Kier molecular flexibility index (Phi) is 7.72. The first-order chi connectivity index (χ1) is 19.0. The predicted octanol–water partition coefficient (Wildman–Crippen LogP) is 4.14. The number of hydrogen-bond acceptors (Lipinski definition) is 7. The van der Waals surface area contributed by atoms with E-state index in [-0.39, 0.29) is 41.7 Å². The smallest absolute Gasteiger partial charge is 0.354 e. The summed E-state index contributed by atoms with van der Waals surface area (Å²) in [5, 5.41) is 5.95. The van der Waals surface area contributed by atoms with E-state index >= 15 is 0 Å². The minimum atomic E-state index is -4.56. The van der Waals surface area contributed by atoms with Crippen molar-refractivity contribution in [1.29, 1.82) is 0 Å². The van der Waals surface area contributed by atoms with Crippen LogP contribution in [0.5, 0.6) is 0 Å². The highest BCUT2D eigenvalue weighted by Crippen LogP contribution is 2.38. The van der Waals surface area contributed by atoms with Gasteiger partial charge in [0.2, 0.25) is 11.9 Å². The topological polar surface area (TPSA) is 93.7 Å². The van der Waals surface area contributed by atoms with Gasteiger partial charge in [-0.05, 0) is 70.0 Å². The summed E-state index contributed by atoms with van der Waals surface area (Å²) in [6.45, 7) is 4.88. The molecule has 1 saturated heterocycles. The molecule has 3 heterocycles. The first kappa shape index (κ1) is 27.9. The van der Waals surface area contributed by atoms with E-state index in [1.165, 1.54) is 6.08 Å². The van der Waals surface area contributed by atoms with Crippen LogP contribution in [0.4, 0.5) is 30.6 Å². The summed E-state index contributed by atoms with van der Waals surface area (Å²) in [6, 6.07) is 5.34. The van der Waals surface area contributed by atoms with Gasteiger partial charge in [-0.15, -0.1) is 0 Å². The van der Waals surface area contributed by atoms with Crippen molar-refractivity contribution in [2.75, 3.05) is 42.7 Å². The maximum atomic E-state index is 13.8. The minimum Gasteiger partial charge on any atom is -0.354 e. The average molecular weight is 558 g/mol. The Balaban J connectivity index is 1.29. The molecular weight excluding hydrogens is 523 g/mol. The number of fused-ring (bicyclic) bond motifs is 1. The third kappa shape index (κ3) is 5.77. The molecule has 0 spiro atoms. The number of halogens is 3. The van der Waals surface area contributed by atoms with E-state index in [0.29, 0.717) is 37.3 Å². The Hall–Kier alpha value is -3.67. The number of carbonyl (C=O) groups is 2. The number of carbonyl (C=O) groups excluding carboxylic acids is 2. The Morgan fingerprint density at radius 1 is 1.23 bits per heavy atom. The SMILES string of the molecule is C=CC(=O)Nc1ccc2c(c1)C(=O)N([C@H]1CCC[C@@H](Nc3ncc(C(F)(F)F)c(N4CC[C@@H](N(C)C)C4)n3)C1)C2. The zero-order valence-corrected chi connectivity index (χ0v) is 22.7. The fourth-order valence-corrected chi connectivity index (χ4v) is 5.89. The molecule has 3 atom stereocenters. The molecule has 0 unspecified atom stereocenters. The van der Waals surface area contributed by atoms with E-state index < -0.39 is 11.7 Å². The molecule has 214 valence electrons. The maximum Gasteiger partial charge on any atom is 0.421 e. The zero-order chi connectivity index (χ0) is 28.6. The number of amides is 2. The highest BCUT2D eigenvalue weighted by Gasteiger charge is 2.39. The van der Waals surface area contributed by atoms with E-state index in [4.69, 9.17) is 0 Å². The van der Waals surface area contributed by atoms with Crippen LogP contribution in [-0.2, 0) is 17.5 Å². The van der Waals surface area contributed by atoms with Crippen LogP contribution in [-0.4, -0.2) is 76.9 Å². The molecule has 1 saturated carbocycles. The van der Waals surface area contributed by atoms with Crippen LogP contribution in [0.2, 0.25) is 0 Å². The number of aromatic nitrogens is 2. The Morgan fingerprint density at radius 3 is 2.73 bits per heavy atom. The molecule has 40 heavy (non-hydrogen) atoms. The summed E-state index contributed by atoms with van der Waals surface area (Å²) < 4.78 is 41.5. The molecule has 2 aliphatic heterocycles. The van der Waals surface area contributed by atoms with Crippen molar-refractivity contribution >= 4 is 29.3 Å². The van der Waals surface area contributed by atoms with Crippen molar-refractivity contribution in [3.05, 3.63) is 53.7 Å². The van der Waals surface area contributed by atoms with Gasteiger partial charge in [0.25, 0.3) is 5.91 Å². The van der Waals surface area contributed by atoms with Crippen LogP contribution in [0.25, 0.3) is 0 Å². The lowest BCUT2D eigenvalue weighted by Crippen LogP contribution is -2.42. The van der Waals surface area contributed by atoms with Gasteiger partial charge < -0.3 is 25.3 Å². The molecule has 5 rings (SSSR count). The van der Waals surface area contributed by atoms with E-state index in [1.807, 2.05) is 30.0 Å². The largest absolute Gasteiger partial charge is 0.421 e. The van der Waals surface area contributed by atoms with Crippen molar-refractivity contribution in [3.8, 4) is 0 Å². The molecule has 1 aliphatic carbocycles. The standard InChI is InChI=1S/C28H34F3N7O2/c1-4-24(39)33-19-9-8-17-15-38(26(40)22(17)13-19)20-7-5-6-18(12-20)34-27-32-14-23(28(29,30)31)25(35-27)37-11-10-21(16-37)36(2)3/h4,8-9,13-14,18,20-21H,1,5-7,10-12,15-16H2,2-3H3,(H,33,39)(H,32,34,35)/t18-,20+,21-/m1/s1. The monoisotopic (exact) mass is 557 g/mol. The molecule has 3 aliphatic rings. The number of anilines is 3. The van der Waals surface area contributed by atoms with Crippen LogP contribution in [0.15, 0.2) is 37.1 Å². The van der Waals surface area contributed by atoms with Gasteiger partial charge in [-0.2, -0.15) is 18.2 Å². The Morgan fingerprint density at radius 2 is 2.02 bits per heavy atom.